The molecule has 0 spiro atoms. The van der Waals surface area contributed by atoms with Gasteiger partial charge in [-0.3, -0.25) is 9.59 Å². The van der Waals surface area contributed by atoms with Crippen molar-refractivity contribution >= 4 is 24.2 Å². The Morgan fingerprint density at radius 3 is 2.33 bits per heavy atom. The molecule has 1 heterocycles. The van der Waals surface area contributed by atoms with Crippen molar-refractivity contribution in [1.29, 1.82) is 0 Å². The van der Waals surface area contributed by atoms with Crippen LogP contribution in [0.25, 0.3) is 0 Å². The first kappa shape index (κ1) is 20.5. The molecule has 0 saturated carbocycles. The third-order valence-electron chi connectivity index (χ3n) is 4.06. The van der Waals surface area contributed by atoms with Crippen molar-refractivity contribution in [3.63, 3.8) is 0 Å². The summed E-state index contributed by atoms with van der Waals surface area (Å²) in [6.07, 6.45) is 1.86. The van der Waals surface area contributed by atoms with E-state index >= 15 is 0 Å². The predicted molar refractivity (Wildman–Crippen MR) is 98.9 cm³/mol. The quantitative estimate of drug-likeness (QED) is 0.754. The van der Waals surface area contributed by atoms with E-state index in [0.717, 1.165) is 39.0 Å². The summed E-state index contributed by atoms with van der Waals surface area (Å²) in [6.45, 7) is 8.23. The summed E-state index contributed by atoms with van der Waals surface area (Å²) in [6, 6.07) is 7.03. The van der Waals surface area contributed by atoms with E-state index in [1.807, 2.05) is 4.90 Å². The monoisotopic (exact) mass is 353 g/mol. The summed E-state index contributed by atoms with van der Waals surface area (Å²) in [7, 11) is 0. The highest BCUT2D eigenvalue weighted by atomic mass is 35.5. The lowest BCUT2D eigenvalue weighted by molar-refractivity contribution is 0.0755. The average Bonchev–Trinajstić information content (AvgIpc) is 2.52. The molecule has 1 aromatic carbocycles. The van der Waals surface area contributed by atoms with Gasteiger partial charge < -0.3 is 15.5 Å². The minimum atomic E-state index is -0.107. The summed E-state index contributed by atoms with van der Waals surface area (Å²) in [5, 5.41) is 6.13. The Morgan fingerprint density at radius 1 is 1.17 bits per heavy atom. The number of rotatable bonds is 8. The molecule has 5 nitrogen and oxygen atoms in total. The predicted octanol–water partition coefficient (Wildman–Crippen LogP) is 2.32. The van der Waals surface area contributed by atoms with Gasteiger partial charge in [0.1, 0.15) is 0 Å². The fourth-order valence-electron chi connectivity index (χ4n) is 2.66. The number of carbonyl (C=O) groups excluding carboxylic acids is 2. The van der Waals surface area contributed by atoms with E-state index in [1.54, 1.807) is 24.3 Å². The van der Waals surface area contributed by atoms with Gasteiger partial charge in [0, 0.05) is 49.8 Å². The molecule has 1 aliphatic heterocycles. The lowest BCUT2D eigenvalue weighted by Crippen LogP contribution is -2.48. The first-order chi connectivity index (χ1) is 11.2. The van der Waals surface area contributed by atoms with Gasteiger partial charge in [0.15, 0.2) is 0 Å². The van der Waals surface area contributed by atoms with Crippen molar-refractivity contribution in [3.05, 3.63) is 35.4 Å². The van der Waals surface area contributed by atoms with Crippen molar-refractivity contribution < 1.29 is 9.59 Å². The molecule has 1 saturated heterocycles. The van der Waals surface area contributed by atoms with Crippen LogP contribution in [-0.2, 0) is 0 Å². The van der Waals surface area contributed by atoms with Crippen molar-refractivity contribution in [1.82, 2.24) is 15.5 Å². The second kappa shape index (κ2) is 10.3. The second-order valence-electron chi connectivity index (χ2n) is 6.11. The maximum atomic E-state index is 12.6. The van der Waals surface area contributed by atoms with Gasteiger partial charge in [-0.2, -0.15) is 0 Å². The zero-order chi connectivity index (χ0) is 16.7. The maximum Gasteiger partial charge on any atom is 0.253 e. The Morgan fingerprint density at radius 2 is 1.79 bits per heavy atom. The number of nitrogens with one attached hydrogen (secondary N) is 2. The first-order valence-corrected chi connectivity index (χ1v) is 8.54. The molecule has 0 radical (unpaired) electrons. The lowest BCUT2D eigenvalue weighted by Gasteiger charge is -2.27. The summed E-state index contributed by atoms with van der Waals surface area (Å²) in [4.78, 5) is 26.7. The van der Waals surface area contributed by atoms with E-state index in [9.17, 15) is 9.59 Å². The van der Waals surface area contributed by atoms with E-state index in [0.29, 0.717) is 23.6 Å². The zero-order valence-corrected chi connectivity index (χ0v) is 15.3. The highest BCUT2D eigenvalue weighted by Crippen LogP contribution is 2.10. The fourth-order valence-corrected chi connectivity index (χ4v) is 2.66. The Hall–Kier alpha value is -1.59. The molecule has 0 aliphatic carbocycles. The van der Waals surface area contributed by atoms with Gasteiger partial charge in [-0.15, -0.1) is 12.4 Å². The highest BCUT2D eigenvalue weighted by Gasteiger charge is 2.19. The molecule has 0 aromatic heterocycles. The summed E-state index contributed by atoms with van der Waals surface area (Å²) < 4.78 is 0. The van der Waals surface area contributed by atoms with Crippen LogP contribution in [0.3, 0.4) is 0 Å². The molecule has 2 N–H and O–H groups in total. The van der Waals surface area contributed by atoms with Gasteiger partial charge in [0.05, 0.1) is 0 Å². The molecule has 1 fully saturated rings. The van der Waals surface area contributed by atoms with Crippen LogP contribution in [0.15, 0.2) is 24.3 Å². The molecule has 2 rings (SSSR count). The SMILES string of the molecule is CCCN(CCC)C(=O)c1cccc(C(=O)NCC2CNC2)c1.Cl. The van der Waals surface area contributed by atoms with E-state index in [-0.39, 0.29) is 24.2 Å². The highest BCUT2D eigenvalue weighted by molar-refractivity contribution is 5.99. The Balaban J connectivity index is 0.00000288. The van der Waals surface area contributed by atoms with E-state index in [1.165, 1.54) is 0 Å². The van der Waals surface area contributed by atoms with Crippen LogP contribution in [0.5, 0.6) is 0 Å². The maximum absolute atomic E-state index is 12.6. The molecule has 0 unspecified atom stereocenters. The number of amides is 2. The summed E-state index contributed by atoms with van der Waals surface area (Å²) in [5.41, 5.74) is 1.14. The topological polar surface area (TPSA) is 61.4 Å². The summed E-state index contributed by atoms with van der Waals surface area (Å²) in [5.74, 6) is 0.420. The molecule has 0 bridgehead atoms. The van der Waals surface area contributed by atoms with Gasteiger partial charge in [0.2, 0.25) is 0 Å². The molecule has 6 heteroatoms. The van der Waals surface area contributed by atoms with Crippen molar-refractivity contribution in [2.24, 2.45) is 5.92 Å². The van der Waals surface area contributed by atoms with Crippen LogP contribution in [-0.4, -0.2) is 49.4 Å². The van der Waals surface area contributed by atoms with Crippen molar-refractivity contribution in [3.8, 4) is 0 Å². The third kappa shape index (κ3) is 5.49. The average molecular weight is 354 g/mol. The first-order valence-electron chi connectivity index (χ1n) is 8.54. The van der Waals surface area contributed by atoms with Crippen LogP contribution in [0.4, 0.5) is 0 Å². The van der Waals surface area contributed by atoms with Gasteiger partial charge in [0.25, 0.3) is 11.8 Å². The Labute approximate surface area is 150 Å². The van der Waals surface area contributed by atoms with Crippen LogP contribution in [0.2, 0.25) is 0 Å². The number of halogens is 1. The number of carbonyl (C=O) groups is 2. The van der Waals surface area contributed by atoms with Crippen LogP contribution < -0.4 is 10.6 Å². The van der Waals surface area contributed by atoms with E-state index < -0.39 is 0 Å². The van der Waals surface area contributed by atoms with E-state index in [2.05, 4.69) is 24.5 Å². The molecular weight excluding hydrogens is 326 g/mol. The summed E-state index contributed by atoms with van der Waals surface area (Å²) >= 11 is 0. The van der Waals surface area contributed by atoms with Crippen molar-refractivity contribution in [2.75, 3.05) is 32.7 Å². The Kier molecular flexibility index (Phi) is 8.79. The van der Waals surface area contributed by atoms with Gasteiger partial charge in [-0.25, -0.2) is 0 Å². The molecule has 2 amide bonds. The number of nitrogens with zero attached hydrogens (tertiary/aromatic N) is 1. The minimum Gasteiger partial charge on any atom is -0.352 e. The third-order valence-corrected chi connectivity index (χ3v) is 4.06. The molecule has 134 valence electrons. The molecule has 0 atom stereocenters. The van der Waals surface area contributed by atoms with Gasteiger partial charge in [-0.1, -0.05) is 19.9 Å². The number of benzene rings is 1. The standard InChI is InChI=1S/C18H27N3O2.ClH/c1-3-8-21(9-4-2)18(23)16-7-5-6-15(10-16)17(22)20-13-14-11-19-12-14;/h5-7,10,14,19H,3-4,8-9,11-13H2,1-2H3,(H,20,22);1H. The molecule has 1 aliphatic rings. The van der Waals surface area contributed by atoms with Crippen molar-refractivity contribution in [2.45, 2.75) is 26.7 Å². The van der Waals surface area contributed by atoms with Crippen LogP contribution in [0.1, 0.15) is 47.4 Å². The van der Waals surface area contributed by atoms with Gasteiger partial charge >= 0.3 is 0 Å². The number of hydrogen-bond donors (Lipinski definition) is 2. The van der Waals surface area contributed by atoms with Gasteiger partial charge in [-0.05, 0) is 31.0 Å². The smallest absolute Gasteiger partial charge is 0.253 e. The normalized spacial score (nSPS) is 13.6. The van der Waals surface area contributed by atoms with E-state index in [4.69, 9.17) is 0 Å². The fraction of sp³-hybridized carbons (Fsp3) is 0.556. The zero-order valence-electron chi connectivity index (χ0n) is 14.5. The molecule has 1 aromatic rings. The Bertz CT molecular complexity index is 541. The van der Waals surface area contributed by atoms with Crippen LogP contribution >= 0.6 is 12.4 Å². The minimum absolute atomic E-state index is 0. The lowest BCUT2D eigenvalue weighted by atomic mass is 10.0. The molecular formula is C18H28ClN3O2. The largest absolute Gasteiger partial charge is 0.352 e. The second-order valence-corrected chi connectivity index (χ2v) is 6.11. The molecule has 24 heavy (non-hydrogen) atoms. The number of hydrogen-bond acceptors (Lipinski definition) is 3. The van der Waals surface area contributed by atoms with Crippen LogP contribution in [0, 0.1) is 5.92 Å².